The molecule has 0 aliphatic heterocycles. The van der Waals surface area contributed by atoms with E-state index in [9.17, 15) is 0 Å². The first-order valence-corrected chi connectivity index (χ1v) is 7.03. The van der Waals surface area contributed by atoms with Gasteiger partial charge in [0.05, 0.1) is 14.2 Å². The number of nitrogens with one attached hydrogen (secondary N) is 1. The van der Waals surface area contributed by atoms with Gasteiger partial charge in [0.15, 0.2) is 11.5 Å². The molecule has 1 heterocycles. The summed E-state index contributed by atoms with van der Waals surface area (Å²) in [5.74, 6) is 2.02. The summed E-state index contributed by atoms with van der Waals surface area (Å²) < 4.78 is 10.5. The molecule has 2 rings (SSSR count). The van der Waals surface area contributed by atoms with Gasteiger partial charge in [-0.1, -0.05) is 17.7 Å². The van der Waals surface area contributed by atoms with E-state index in [0.29, 0.717) is 29.0 Å². The van der Waals surface area contributed by atoms with Crippen LogP contribution in [0.25, 0.3) is 0 Å². The van der Waals surface area contributed by atoms with Crippen LogP contribution >= 0.6 is 23.2 Å². The highest BCUT2D eigenvalue weighted by Crippen LogP contribution is 2.27. The predicted molar refractivity (Wildman–Crippen MR) is 83.8 cm³/mol. The zero-order chi connectivity index (χ0) is 15.2. The molecular formula is C14H15Cl2N3O2. The molecule has 0 bridgehead atoms. The summed E-state index contributed by atoms with van der Waals surface area (Å²) in [6.07, 6.45) is 0.791. The third-order valence-electron chi connectivity index (χ3n) is 2.84. The van der Waals surface area contributed by atoms with Crippen LogP contribution < -0.4 is 14.8 Å². The normalized spacial score (nSPS) is 10.3. The second kappa shape index (κ2) is 7.33. The lowest BCUT2D eigenvalue weighted by Crippen LogP contribution is -2.07. The number of methoxy groups -OCH3 is 2. The molecule has 1 aromatic carbocycles. The Bertz CT molecular complexity index is 603. The number of aromatic nitrogens is 2. The Morgan fingerprint density at radius 2 is 1.81 bits per heavy atom. The van der Waals surface area contributed by atoms with Crippen LogP contribution in [-0.4, -0.2) is 30.7 Å². The molecule has 0 unspecified atom stereocenters. The fourth-order valence-electron chi connectivity index (χ4n) is 1.85. The minimum absolute atomic E-state index is 0.121. The third kappa shape index (κ3) is 4.37. The first-order chi connectivity index (χ1) is 10.1. The van der Waals surface area contributed by atoms with Crippen LogP contribution in [0.5, 0.6) is 11.5 Å². The molecule has 5 nitrogen and oxygen atoms in total. The van der Waals surface area contributed by atoms with E-state index >= 15 is 0 Å². The maximum Gasteiger partial charge on any atom is 0.225 e. The highest BCUT2D eigenvalue weighted by molar-refractivity contribution is 6.32. The van der Waals surface area contributed by atoms with Crippen molar-refractivity contribution in [3.63, 3.8) is 0 Å². The Balaban J connectivity index is 1.97. The summed E-state index contributed by atoms with van der Waals surface area (Å²) >= 11 is 11.6. The van der Waals surface area contributed by atoms with Crippen LogP contribution in [0.1, 0.15) is 5.56 Å². The van der Waals surface area contributed by atoms with Crippen molar-refractivity contribution >= 4 is 29.0 Å². The number of ether oxygens (including phenoxy) is 2. The van der Waals surface area contributed by atoms with Crippen LogP contribution in [0.3, 0.4) is 0 Å². The molecule has 21 heavy (non-hydrogen) atoms. The van der Waals surface area contributed by atoms with Crippen LogP contribution in [0.4, 0.5) is 5.82 Å². The van der Waals surface area contributed by atoms with Crippen molar-refractivity contribution in [3.05, 3.63) is 40.3 Å². The Morgan fingerprint density at radius 1 is 1.05 bits per heavy atom. The lowest BCUT2D eigenvalue weighted by molar-refractivity contribution is 0.354. The minimum atomic E-state index is 0.121. The van der Waals surface area contributed by atoms with E-state index in [1.54, 1.807) is 20.3 Å². The highest BCUT2D eigenvalue weighted by Gasteiger charge is 2.05. The minimum Gasteiger partial charge on any atom is -0.493 e. The van der Waals surface area contributed by atoms with Gasteiger partial charge in [0.25, 0.3) is 0 Å². The average Bonchev–Trinajstić information content (AvgIpc) is 2.46. The van der Waals surface area contributed by atoms with E-state index in [2.05, 4.69) is 15.3 Å². The van der Waals surface area contributed by atoms with Gasteiger partial charge in [-0.3, -0.25) is 0 Å². The fraction of sp³-hybridized carbons (Fsp3) is 0.286. The summed E-state index contributed by atoms with van der Waals surface area (Å²) in [5.41, 5.74) is 1.12. The van der Waals surface area contributed by atoms with Crippen molar-refractivity contribution in [3.8, 4) is 11.5 Å². The van der Waals surface area contributed by atoms with E-state index in [1.165, 1.54) is 0 Å². The van der Waals surface area contributed by atoms with Crippen molar-refractivity contribution in [2.24, 2.45) is 0 Å². The van der Waals surface area contributed by atoms with Gasteiger partial charge >= 0.3 is 0 Å². The SMILES string of the molecule is COc1ccc(CCNc2cc(Cl)nc(Cl)n2)cc1OC. The highest BCUT2D eigenvalue weighted by atomic mass is 35.5. The first kappa shape index (κ1) is 15.7. The van der Waals surface area contributed by atoms with Crippen molar-refractivity contribution < 1.29 is 9.47 Å². The summed E-state index contributed by atoms with van der Waals surface area (Å²) in [7, 11) is 3.23. The number of rotatable bonds is 6. The quantitative estimate of drug-likeness (QED) is 0.650. The molecule has 1 aromatic heterocycles. The van der Waals surface area contributed by atoms with Crippen molar-refractivity contribution in [1.82, 2.24) is 9.97 Å². The van der Waals surface area contributed by atoms with Gasteiger partial charge in [-0.2, -0.15) is 0 Å². The molecule has 0 spiro atoms. The molecule has 0 saturated carbocycles. The Hall–Kier alpha value is -1.72. The molecule has 0 fully saturated rings. The average molecular weight is 328 g/mol. The molecule has 0 aliphatic rings. The summed E-state index contributed by atoms with van der Waals surface area (Å²) in [5, 5.41) is 3.58. The van der Waals surface area contributed by atoms with Gasteiger partial charge in [0.1, 0.15) is 11.0 Å². The fourth-order valence-corrected chi connectivity index (χ4v) is 2.26. The molecule has 112 valence electrons. The smallest absolute Gasteiger partial charge is 0.225 e. The molecule has 0 amide bonds. The molecular weight excluding hydrogens is 313 g/mol. The monoisotopic (exact) mass is 327 g/mol. The maximum atomic E-state index is 5.81. The Kier molecular flexibility index (Phi) is 5.47. The Labute approximate surface area is 133 Å². The van der Waals surface area contributed by atoms with E-state index in [-0.39, 0.29) is 5.28 Å². The second-order valence-electron chi connectivity index (χ2n) is 4.21. The number of anilines is 1. The topological polar surface area (TPSA) is 56.3 Å². The zero-order valence-electron chi connectivity index (χ0n) is 11.7. The molecule has 0 saturated heterocycles. The lowest BCUT2D eigenvalue weighted by atomic mass is 10.1. The summed E-state index contributed by atoms with van der Waals surface area (Å²) in [6.45, 7) is 0.680. The standard InChI is InChI=1S/C14H15Cl2N3O2/c1-20-10-4-3-9(7-11(10)21-2)5-6-17-13-8-12(15)18-14(16)19-13/h3-4,7-8H,5-6H2,1-2H3,(H,17,18,19). The van der Waals surface area contributed by atoms with E-state index < -0.39 is 0 Å². The van der Waals surface area contributed by atoms with Crippen LogP contribution in [0, 0.1) is 0 Å². The van der Waals surface area contributed by atoms with Crippen LogP contribution in [0.15, 0.2) is 24.3 Å². The first-order valence-electron chi connectivity index (χ1n) is 6.27. The zero-order valence-corrected chi connectivity index (χ0v) is 13.2. The van der Waals surface area contributed by atoms with Crippen molar-refractivity contribution in [2.45, 2.75) is 6.42 Å². The van der Waals surface area contributed by atoms with Crippen molar-refractivity contribution in [2.75, 3.05) is 26.1 Å². The van der Waals surface area contributed by atoms with Gasteiger partial charge in [0.2, 0.25) is 5.28 Å². The number of nitrogens with zero attached hydrogens (tertiary/aromatic N) is 2. The maximum absolute atomic E-state index is 5.81. The van der Waals surface area contributed by atoms with Gasteiger partial charge in [0, 0.05) is 12.6 Å². The van der Waals surface area contributed by atoms with Crippen LogP contribution in [0.2, 0.25) is 10.4 Å². The molecule has 7 heteroatoms. The van der Waals surface area contributed by atoms with E-state index in [0.717, 1.165) is 12.0 Å². The predicted octanol–water partition coefficient (Wildman–Crippen LogP) is 3.46. The number of hydrogen-bond donors (Lipinski definition) is 1. The molecule has 2 aromatic rings. The number of hydrogen-bond acceptors (Lipinski definition) is 5. The second-order valence-corrected chi connectivity index (χ2v) is 4.94. The number of halogens is 2. The molecule has 0 aliphatic carbocycles. The van der Waals surface area contributed by atoms with Gasteiger partial charge in [-0.25, -0.2) is 9.97 Å². The van der Waals surface area contributed by atoms with E-state index in [1.807, 2.05) is 18.2 Å². The van der Waals surface area contributed by atoms with E-state index in [4.69, 9.17) is 32.7 Å². The van der Waals surface area contributed by atoms with Gasteiger partial charge in [-0.05, 0) is 35.7 Å². The third-order valence-corrected chi connectivity index (χ3v) is 3.20. The summed E-state index contributed by atoms with van der Waals surface area (Å²) in [6, 6.07) is 7.44. The molecule has 0 atom stereocenters. The molecule has 1 N–H and O–H groups in total. The van der Waals surface area contributed by atoms with Crippen LogP contribution in [-0.2, 0) is 6.42 Å². The van der Waals surface area contributed by atoms with Crippen molar-refractivity contribution in [1.29, 1.82) is 0 Å². The number of benzene rings is 1. The summed E-state index contributed by atoms with van der Waals surface area (Å²) in [4.78, 5) is 7.83. The Morgan fingerprint density at radius 3 is 2.48 bits per heavy atom. The van der Waals surface area contributed by atoms with Gasteiger partial charge < -0.3 is 14.8 Å². The molecule has 0 radical (unpaired) electrons. The lowest BCUT2D eigenvalue weighted by Gasteiger charge is -2.10. The largest absolute Gasteiger partial charge is 0.493 e. The van der Waals surface area contributed by atoms with Gasteiger partial charge in [-0.15, -0.1) is 0 Å².